The lowest BCUT2D eigenvalue weighted by molar-refractivity contribution is -0.149. The number of hydrogen-bond donors (Lipinski definition) is 1. The normalized spacial score (nSPS) is 14.6. The quantitative estimate of drug-likeness (QED) is 0.442. The van der Waals surface area contributed by atoms with Crippen molar-refractivity contribution in [1.82, 2.24) is 4.90 Å². The standard InChI is InChI=1S/C25H26N2O6S/c1-15(2)33-23(29)13-27-24(30)21(34-25(27)31)12-18-8-10-19(11-9-18)32-14-22(28)26-20-7-5-6-16(3)17(20)4/h5-12,15H,13-14H2,1-4H3,(H,26,28)/b21-12-. The van der Waals surface area contributed by atoms with Crippen LogP contribution in [0.2, 0.25) is 0 Å². The van der Waals surface area contributed by atoms with E-state index in [1.165, 1.54) is 0 Å². The highest BCUT2D eigenvalue weighted by atomic mass is 32.2. The molecule has 34 heavy (non-hydrogen) atoms. The first-order valence-electron chi connectivity index (χ1n) is 10.7. The van der Waals surface area contributed by atoms with Gasteiger partial charge < -0.3 is 14.8 Å². The van der Waals surface area contributed by atoms with Gasteiger partial charge in [-0.2, -0.15) is 0 Å². The molecule has 0 unspecified atom stereocenters. The van der Waals surface area contributed by atoms with Gasteiger partial charge in [0.05, 0.1) is 11.0 Å². The molecule has 1 heterocycles. The van der Waals surface area contributed by atoms with E-state index >= 15 is 0 Å². The molecule has 1 aliphatic heterocycles. The first-order valence-corrected chi connectivity index (χ1v) is 11.5. The van der Waals surface area contributed by atoms with E-state index in [0.29, 0.717) is 11.3 Å². The fourth-order valence-corrected chi connectivity index (χ4v) is 3.94. The largest absolute Gasteiger partial charge is 0.484 e. The SMILES string of the molecule is Cc1cccc(NC(=O)COc2ccc(/C=C3\SC(=O)N(CC(=O)OC(C)C)C3=O)cc2)c1C. The number of nitrogens with one attached hydrogen (secondary N) is 1. The first-order chi connectivity index (χ1) is 16.1. The molecule has 0 bridgehead atoms. The van der Waals surface area contributed by atoms with Crippen LogP contribution in [0.3, 0.4) is 0 Å². The molecule has 0 aromatic heterocycles. The van der Waals surface area contributed by atoms with E-state index in [9.17, 15) is 19.2 Å². The van der Waals surface area contributed by atoms with Crippen LogP contribution in [0.15, 0.2) is 47.4 Å². The van der Waals surface area contributed by atoms with Gasteiger partial charge in [0, 0.05) is 5.69 Å². The molecule has 2 aromatic carbocycles. The van der Waals surface area contributed by atoms with Gasteiger partial charge in [-0.3, -0.25) is 24.1 Å². The summed E-state index contributed by atoms with van der Waals surface area (Å²) < 4.78 is 10.6. The minimum Gasteiger partial charge on any atom is -0.484 e. The number of anilines is 1. The summed E-state index contributed by atoms with van der Waals surface area (Å²) in [5.74, 6) is -0.971. The number of carbonyl (C=O) groups is 4. The van der Waals surface area contributed by atoms with E-state index in [2.05, 4.69) is 5.32 Å². The highest BCUT2D eigenvalue weighted by Crippen LogP contribution is 2.32. The van der Waals surface area contributed by atoms with Gasteiger partial charge in [0.15, 0.2) is 6.61 Å². The van der Waals surface area contributed by atoms with Crippen LogP contribution in [0.25, 0.3) is 6.08 Å². The molecule has 0 atom stereocenters. The molecule has 3 amide bonds. The van der Waals surface area contributed by atoms with Crippen molar-refractivity contribution in [3.05, 3.63) is 64.1 Å². The number of esters is 1. The van der Waals surface area contributed by atoms with E-state index in [-0.39, 0.29) is 23.5 Å². The fourth-order valence-electron chi connectivity index (χ4n) is 3.10. The average molecular weight is 483 g/mol. The van der Waals surface area contributed by atoms with Crippen LogP contribution >= 0.6 is 11.8 Å². The molecule has 178 valence electrons. The zero-order valence-corrected chi connectivity index (χ0v) is 20.2. The third-order valence-electron chi connectivity index (χ3n) is 4.95. The minimum atomic E-state index is -0.637. The van der Waals surface area contributed by atoms with E-state index in [0.717, 1.165) is 33.5 Å². The zero-order chi connectivity index (χ0) is 24.8. The van der Waals surface area contributed by atoms with Gasteiger partial charge >= 0.3 is 5.97 Å². The number of benzene rings is 2. The molecule has 1 saturated heterocycles. The summed E-state index contributed by atoms with van der Waals surface area (Å²) in [5, 5.41) is 2.31. The lowest BCUT2D eigenvalue weighted by atomic mass is 10.1. The number of rotatable bonds is 8. The van der Waals surface area contributed by atoms with Crippen molar-refractivity contribution in [3.8, 4) is 5.75 Å². The number of carbonyl (C=O) groups excluding carboxylic acids is 4. The number of hydrogen-bond acceptors (Lipinski definition) is 7. The van der Waals surface area contributed by atoms with Gasteiger partial charge in [-0.05, 0) is 80.4 Å². The van der Waals surface area contributed by atoms with E-state index < -0.39 is 23.7 Å². The van der Waals surface area contributed by atoms with Gasteiger partial charge in [-0.25, -0.2) is 0 Å². The van der Waals surface area contributed by atoms with Crippen LogP contribution < -0.4 is 10.1 Å². The van der Waals surface area contributed by atoms with Crippen LogP contribution in [-0.4, -0.2) is 47.2 Å². The van der Waals surface area contributed by atoms with Crippen molar-refractivity contribution in [2.24, 2.45) is 0 Å². The smallest absolute Gasteiger partial charge is 0.326 e. The predicted molar refractivity (Wildman–Crippen MR) is 130 cm³/mol. The molecule has 1 fully saturated rings. The minimum absolute atomic E-state index is 0.155. The topological polar surface area (TPSA) is 102 Å². The number of aryl methyl sites for hydroxylation is 1. The number of imide groups is 1. The Hall–Kier alpha value is -3.59. The van der Waals surface area contributed by atoms with Crippen LogP contribution in [-0.2, 0) is 19.1 Å². The number of amides is 3. The second-order valence-electron chi connectivity index (χ2n) is 7.96. The molecule has 9 heteroatoms. The lowest BCUT2D eigenvalue weighted by Crippen LogP contribution is -2.35. The Labute approximate surface area is 202 Å². The number of thioether (sulfide) groups is 1. The fraction of sp³-hybridized carbons (Fsp3) is 0.280. The van der Waals surface area contributed by atoms with Crippen molar-refractivity contribution >= 4 is 46.5 Å². The van der Waals surface area contributed by atoms with Crippen molar-refractivity contribution in [1.29, 1.82) is 0 Å². The number of nitrogens with zero attached hydrogens (tertiary/aromatic N) is 1. The van der Waals surface area contributed by atoms with Crippen molar-refractivity contribution < 1.29 is 28.7 Å². The van der Waals surface area contributed by atoms with Gasteiger partial charge in [-0.1, -0.05) is 24.3 Å². The highest BCUT2D eigenvalue weighted by Gasteiger charge is 2.36. The molecular formula is C25H26N2O6S. The van der Waals surface area contributed by atoms with Crippen LogP contribution in [0, 0.1) is 13.8 Å². The van der Waals surface area contributed by atoms with Gasteiger partial charge in [0.2, 0.25) is 0 Å². The summed E-state index contributed by atoms with van der Waals surface area (Å²) >= 11 is 0.765. The van der Waals surface area contributed by atoms with Crippen molar-refractivity contribution in [3.63, 3.8) is 0 Å². The second kappa shape index (κ2) is 11.0. The van der Waals surface area contributed by atoms with E-state index in [1.54, 1.807) is 44.2 Å². The molecule has 3 rings (SSSR count). The van der Waals surface area contributed by atoms with Crippen LogP contribution in [0.5, 0.6) is 5.75 Å². The maximum absolute atomic E-state index is 12.5. The Bertz CT molecular complexity index is 1140. The molecule has 2 aromatic rings. The van der Waals surface area contributed by atoms with Gasteiger partial charge in [0.25, 0.3) is 17.1 Å². The van der Waals surface area contributed by atoms with Gasteiger partial charge in [-0.15, -0.1) is 0 Å². The van der Waals surface area contributed by atoms with Crippen LogP contribution in [0.1, 0.15) is 30.5 Å². The Balaban J connectivity index is 1.56. The predicted octanol–water partition coefficient (Wildman–Crippen LogP) is 4.31. The second-order valence-corrected chi connectivity index (χ2v) is 8.95. The third kappa shape index (κ3) is 6.48. The molecule has 0 radical (unpaired) electrons. The molecular weight excluding hydrogens is 456 g/mol. The molecule has 1 N–H and O–H groups in total. The summed E-state index contributed by atoms with van der Waals surface area (Å²) in [6.45, 7) is 6.73. The maximum atomic E-state index is 12.5. The summed E-state index contributed by atoms with van der Waals surface area (Å²) in [5.41, 5.74) is 3.50. The summed E-state index contributed by atoms with van der Waals surface area (Å²) in [6, 6.07) is 12.4. The highest BCUT2D eigenvalue weighted by molar-refractivity contribution is 8.18. The van der Waals surface area contributed by atoms with E-state index in [4.69, 9.17) is 9.47 Å². The summed E-state index contributed by atoms with van der Waals surface area (Å²) in [7, 11) is 0. The van der Waals surface area contributed by atoms with E-state index in [1.807, 2.05) is 32.0 Å². The monoisotopic (exact) mass is 482 g/mol. The lowest BCUT2D eigenvalue weighted by Gasteiger charge is -2.13. The van der Waals surface area contributed by atoms with Crippen molar-refractivity contribution in [2.45, 2.75) is 33.8 Å². The Morgan fingerprint density at radius 1 is 1.09 bits per heavy atom. The van der Waals surface area contributed by atoms with Crippen LogP contribution in [0.4, 0.5) is 10.5 Å². The van der Waals surface area contributed by atoms with Gasteiger partial charge in [0.1, 0.15) is 12.3 Å². The molecule has 0 aliphatic carbocycles. The molecule has 1 aliphatic rings. The Morgan fingerprint density at radius 2 is 1.79 bits per heavy atom. The zero-order valence-electron chi connectivity index (χ0n) is 19.4. The maximum Gasteiger partial charge on any atom is 0.326 e. The molecule has 0 saturated carbocycles. The first kappa shape index (κ1) is 25.0. The summed E-state index contributed by atoms with van der Waals surface area (Å²) in [6.07, 6.45) is 1.23. The Kier molecular flexibility index (Phi) is 8.12. The Morgan fingerprint density at radius 3 is 2.47 bits per heavy atom. The van der Waals surface area contributed by atoms with Crippen molar-refractivity contribution in [2.75, 3.05) is 18.5 Å². The third-order valence-corrected chi connectivity index (χ3v) is 5.86. The number of ether oxygens (including phenoxy) is 2. The summed E-state index contributed by atoms with van der Waals surface area (Å²) in [4.78, 5) is 49.8. The molecule has 0 spiro atoms. The molecule has 8 nitrogen and oxygen atoms in total. The average Bonchev–Trinajstić information content (AvgIpc) is 3.03.